The van der Waals surface area contributed by atoms with Gasteiger partial charge in [-0.2, -0.15) is 5.10 Å². The summed E-state index contributed by atoms with van der Waals surface area (Å²) in [6.07, 6.45) is 3.56. The van der Waals surface area contributed by atoms with Gasteiger partial charge < -0.3 is 15.1 Å². The number of halogens is 2. The van der Waals surface area contributed by atoms with Gasteiger partial charge in [-0.15, -0.1) is 24.0 Å². The van der Waals surface area contributed by atoms with E-state index in [9.17, 15) is 4.79 Å². The second-order valence-corrected chi connectivity index (χ2v) is 6.30. The Kier molecular flexibility index (Phi) is 7.27. The Labute approximate surface area is 175 Å². The summed E-state index contributed by atoms with van der Waals surface area (Å²) >= 11 is 5.90. The minimum atomic E-state index is 0. The van der Waals surface area contributed by atoms with Crippen molar-refractivity contribution in [3.05, 3.63) is 47.2 Å². The number of hydrogen-bond donors (Lipinski definition) is 1. The molecular weight excluding hydrogens is 467 g/mol. The highest BCUT2D eigenvalue weighted by atomic mass is 127. The maximum absolute atomic E-state index is 12.5. The number of anilines is 1. The molecule has 1 saturated heterocycles. The zero-order valence-corrected chi connectivity index (χ0v) is 17.8. The molecule has 1 aromatic carbocycles. The lowest BCUT2D eigenvalue weighted by atomic mass is 10.2. The van der Waals surface area contributed by atoms with Gasteiger partial charge in [0.05, 0.1) is 11.9 Å². The molecule has 1 amide bonds. The number of aliphatic imine (C=N–C) groups is 1. The fraction of sp³-hybridized carbons (Fsp3) is 0.353. The van der Waals surface area contributed by atoms with E-state index in [1.165, 1.54) is 0 Å². The summed E-state index contributed by atoms with van der Waals surface area (Å²) in [6, 6.07) is 7.65. The first kappa shape index (κ1) is 20.5. The first-order valence-corrected chi connectivity index (χ1v) is 8.43. The van der Waals surface area contributed by atoms with Gasteiger partial charge in [0.25, 0.3) is 0 Å². The fourth-order valence-corrected chi connectivity index (χ4v) is 2.92. The maximum atomic E-state index is 12.5. The molecule has 0 atom stereocenters. The number of amides is 1. The molecule has 0 spiro atoms. The Morgan fingerprint density at radius 2 is 2.04 bits per heavy atom. The van der Waals surface area contributed by atoms with Crippen LogP contribution in [0.15, 0.2) is 41.7 Å². The quantitative estimate of drug-likeness (QED) is 0.408. The third-order valence-corrected chi connectivity index (χ3v) is 4.35. The second kappa shape index (κ2) is 9.22. The van der Waals surface area contributed by atoms with Crippen LogP contribution in [0.5, 0.6) is 0 Å². The molecular formula is C17H22ClIN6O. The monoisotopic (exact) mass is 488 g/mol. The minimum absolute atomic E-state index is 0. The van der Waals surface area contributed by atoms with Crippen molar-refractivity contribution in [3.8, 4) is 0 Å². The van der Waals surface area contributed by atoms with Gasteiger partial charge in [-0.05, 0) is 17.7 Å². The van der Waals surface area contributed by atoms with Crippen molar-refractivity contribution in [1.29, 1.82) is 0 Å². The highest BCUT2D eigenvalue weighted by Gasteiger charge is 2.27. The Bertz CT molecular complexity index is 776. The number of carbonyl (C=O) groups excluding carboxylic acids is 1. The molecule has 26 heavy (non-hydrogen) atoms. The molecule has 1 fully saturated rings. The first-order chi connectivity index (χ1) is 12.1. The summed E-state index contributed by atoms with van der Waals surface area (Å²) in [4.78, 5) is 20.5. The molecule has 140 valence electrons. The second-order valence-electron chi connectivity index (χ2n) is 5.87. The van der Waals surface area contributed by atoms with Crippen molar-refractivity contribution in [1.82, 2.24) is 20.0 Å². The summed E-state index contributed by atoms with van der Waals surface area (Å²) in [5, 5.41) is 8.14. The number of aromatic nitrogens is 2. The number of carbonyl (C=O) groups is 1. The van der Waals surface area contributed by atoms with E-state index >= 15 is 0 Å². The smallest absolute Gasteiger partial charge is 0.246 e. The van der Waals surface area contributed by atoms with Crippen LogP contribution in [0, 0.1) is 0 Å². The number of benzene rings is 1. The molecule has 0 saturated carbocycles. The zero-order valence-electron chi connectivity index (χ0n) is 14.7. The van der Waals surface area contributed by atoms with Crippen LogP contribution in [-0.2, 0) is 18.4 Å². The molecule has 1 aliphatic rings. The summed E-state index contributed by atoms with van der Waals surface area (Å²) in [5.41, 5.74) is 1.93. The fourth-order valence-electron chi connectivity index (χ4n) is 2.79. The van der Waals surface area contributed by atoms with E-state index in [1.807, 2.05) is 42.4 Å². The van der Waals surface area contributed by atoms with Crippen molar-refractivity contribution in [3.63, 3.8) is 0 Å². The number of rotatable bonds is 3. The molecule has 7 nitrogen and oxygen atoms in total. The van der Waals surface area contributed by atoms with E-state index < -0.39 is 0 Å². The molecule has 0 radical (unpaired) electrons. The number of guanidine groups is 1. The minimum Gasteiger partial charge on any atom is -0.352 e. The Hall–Kier alpha value is -1.81. The summed E-state index contributed by atoms with van der Waals surface area (Å²) in [7, 11) is 3.56. The molecule has 1 aliphatic heterocycles. The Balaban J connectivity index is 0.00000243. The van der Waals surface area contributed by atoms with Crippen molar-refractivity contribution in [2.45, 2.75) is 6.54 Å². The number of nitrogens with one attached hydrogen (secondary N) is 1. The van der Waals surface area contributed by atoms with Crippen molar-refractivity contribution in [2.75, 3.05) is 31.6 Å². The third-order valence-electron chi connectivity index (χ3n) is 4.10. The Morgan fingerprint density at radius 1 is 1.31 bits per heavy atom. The predicted octanol–water partition coefficient (Wildman–Crippen LogP) is 2.12. The third kappa shape index (κ3) is 4.88. The Morgan fingerprint density at radius 3 is 2.62 bits per heavy atom. The van der Waals surface area contributed by atoms with Crippen LogP contribution in [0.1, 0.15) is 5.56 Å². The molecule has 0 aliphatic carbocycles. The lowest BCUT2D eigenvalue weighted by Gasteiger charge is -2.35. The van der Waals surface area contributed by atoms with Gasteiger partial charge in [-0.25, -0.2) is 0 Å². The van der Waals surface area contributed by atoms with Crippen LogP contribution in [0.2, 0.25) is 5.02 Å². The normalized spacial score (nSPS) is 15.0. The molecule has 0 bridgehead atoms. The molecule has 1 aromatic heterocycles. The lowest BCUT2D eigenvalue weighted by molar-refractivity contribution is -0.120. The average molecular weight is 489 g/mol. The van der Waals surface area contributed by atoms with E-state index in [4.69, 9.17) is 11.6 Å². The van der Waals surface area contributed by atoms with Gasteiger partial charge in [0.2, 0.25) is 5.91 Å². The van der Waals surface area contributed by atoms with Crippen LogP contribution in [0.3, 0.4) is 0 Å². The molecule has 0 unspecified atom stereocenters. The zero-order chi connectivity index (χ0) is 17.8. The van der Waals surface area contributed by atoms with Crippen LogP contribution in [0.25, 0.3) is 0 Å². The SMILES string of the molecule is CN=C(NCc1ccc(Cl)cc1)N1CCN(c2cnn(C)c2)C(=O)C1.I. The lowest BCUT2D eigenvalue weighted by Crippen LogP contribution is -2.55. The maximum Gasteiger partial charge on any atom is 0.246 e. The molecule has 2 heterocycles. The van der Waals surface area contributed by atoms with E-state index in [0.717, 1.165) is 11.3 Å². The highest BCUT2D eigenvalue weighted by molar-refractivity contribution is 14.0. The van der Waals surface area contributed by atoms with Crippen molar-refractivity contribution >= 4 is 53.1 Å². The van der Waals surface area contributed by atoms with Crippen molar-refractivity contribution in [2.24, 2.45) is 12.0 Å². The van der Waals surface area contributed by atoms with Gasteiger partial charge in [0.1, 0.15) is 6.54 Å². The van der Waals surface area contributed by atoms with E-state index in [-0.39, 0.29) is 36.4 Å². The average Bonchev–Trinajstić information content (AvgIpc) is 3.03. The van der Waals surface area contributed by atoms with Crippen LogP contribution in [0.4, 0.5) is 5.69 Å². The number of hydrogen-bond acceptors (Lipinski definition) is 3. The van der Waals surface area contributed by atoms with Gasteiger partial charge in [0, 0.05) is 44.9 Å². The van der Waals surface area contributed by atoms with Gasteiger partial charge >= 0.3 is 0 Å². The van der Waals surface area contributed by atoms with E-state index in [0.29, 0.717) is 30.6 Å². The number of piperazine rings is 1. The first-order valence-electron chi connectivity index (χ1n) is 8.06. The number of nitrogens with zero attached hydrogens (tertiary/aromatic N) is 5. The summed E-state index contributed by atoms with van der Waals surface area (Å²) in [6.45, 7) is 2.23. The van der Waals surface area contributed by atoms with Crippen molar-refractivity contribution < 1.29 is 4.79 Å². The number of aryl methyl sites for hydroxylation is 1. The topological polar surface area (TPSA) is 65.8 Å². The van der Waals surface area contributed by atoms with Crippen LogP contribution < -0.4 is 10.2 Å². The summed E-state index contributed by atoms with van der Waals surface area (Å²) < 4.78 is 1.70. The summed E-state index contributed by atoms with van der Waals surface area (Å²) in [5.74, 6) is 0.753. The van der Waals surface area contributed by atoms with Crippen LogP contribution in [-0.4, -0.2) is 53.2 Å². The highest BCUT2D eigenvalue weighted by Crippen LogP contribution is 2.16. The molecule has 9 heteroatoms. The predicted molar refractivity (Wildman–Crippen MR) is 114 cm³/mol. The van der Waals surface area contributed by atoms with Gasteiger partial charge in [0.15, 0.2) is 5.96 Å². The standard InChI is InChI=1S/C17H21ClN6O.HI/c1-19-17(20-9-13-3-5-14(18)6-4-13)23-7-8-24(16(25)12-23)15-10-21-22(2)11-15;/h3-6,10-11H,7-9,12H2,1-2H3,(H,19,20);1H. The molecule has 2 aromatic rings. The van der Waals surface area contributed by atoms with Crippen LogP contribution >= 0.6 is 35.6 Å². The van der Waals surface area contributed by atoms with Gasteiger partial charge in [-0.1, -0.05) is 23.7 Å². The van der Waals surface area contributed by atoms with E-state index in [1.54, 1.807) is 22.8 Å². The molecule has 3 rings (SSSR count). The molecule has 1 N–H and O–H groups in total. The largest absolute Gasteiger partial charge is 0.352 e. The van der Waals surface area contributed by atoms with E-state index in [2.05, 4.69) is 15.4 Å². The van der Waals surface area contributed by atoms with Gasteiger partial charge in [-0.3, -0.25) is 14.5 Å².